The minimum atomic E-state index is -3.69. The van der Waals surface area contributed by atoms with Crippen LogP contribution in [0.4, 0.5) is 5.13 Å². The highest BCUT2D eigenvalue weighted by Gasteiger charge is 2.18. The summed E-state index contributed by atoms with van der Waals surface area (Å²) in [7, 11) is -3.69. The van der Waals surface area contributed by atoms with Gasteiger partial charge < -0.3 is 4.74 Å². The van der Waals surface area contributed by atoms with Crippen LogP contribution in [0, 0.1) is 0 Å². The van der Waals surface area contributed by atoms with Gasteiger partial charge in [-0.25, -0.2) is 18.1 Å². The van der Waals surface area contributed by atoms with Gasteiger partial charge in [0.05, 0.1) is 17.2 Å². The second-order valence-electron chi connectivity index (χ2n) is 6.73. The van der Waals surface area contributed by atoms with Crippen LogP contribution in [0.5, 0.6) is 5.75 Å². The van der Waals surface area contributed by atoms with Gasteiger partial charge in [-0.2, -0.15) is 0 Å². The maximum Gasteiger partial charge on any atom is 0.257 e. The van der Waals surface area contributed by atoms with Crippen molar-refractivity contribution in [2.24, 2.45) is 0 Å². The summed E-state index contributed by atoms with van der Waals surface area (Å²) in [4.78, 5) is 17.2. The number of aromatic nitrogens is 1. The molecule has 0 radical (unpaired) electrons. The number of ether oxygens (including phenoxy) is 1. The van der Waals surface area contributed by atoms with Crippen molar-refractivity contribution in [2.45, 2.75) is 31.7 Å². The molecule has 0 aliphatic heterocycles. The minimum absolute atomic E-state index is 0.0364. The molecule has 30 heavy (non-hydrogen) atoms. The molecule has 0 spiro atoms. The average Bonchev–Trinajstić information content (AvgIpc) is 3.16. The largest absolute Gasteiger partial charge is 0.493 e. The van der Waals surface area contributed by atoms with Gasteiger partial charge in [0.15, 0.2) is 5.13 Å². The van der Waals surface area contributed by atoms with Crippen LogP contribution in [-0.2, 0) is 10.0 Å². The summed E-state index contributed by atoms with van der Waals surface area (Å²) in [6, 6.07) is 13.2. The van der Waals surface area contributed by atoms with Gasteiger partial charge in [-0.3, -0.25) is 10.1 Å². The third-order valence-corrected chi connectivity index (χ3v) is 6.40. The lowest BCUT2D eigenvalue weighted by molar-refractivity contribution is 0.102. The van der Waals surface area contributed by atoms with Crippen molar-refractivity contribution < 1.29 is 17.9 Å². The predicted molar refractivity (Wildman–Crippen MR) is 119 cm³/mol. The summed E-state index contributed by atoms with van der Waals surface area (Å²) in [5.41, 5.74) is 1.76. The zero-order valence-corrected chi connectivity index (χ0v) is 18.5. The van der Waals surface area contributed by atoms with E-state index in [0.29, 0.717) is 17.4 Å². The molecule has 3 rings (SSSR count). The Morgan fingerprint density at radius 2 is 1.93 bits per heavy atom. The molecule has 0 aliphatic carbocycles. The van der Waals surface area contributed by atoms with E-state index in [-0.39, 0.29) is 16.5 Å². The Labute approximate surface area is 180 Å². The molecule has 0 saturated carbocycles. The first-order chi connectivity index (χ1) is 14.3. The zero-order valence-electron chi connectivity index (χ0n) is 16.9. The maximum atomic E-state index is 12.6. The number of nitrogens with one attached hydrogen (secondary N) is 2. The van der Waals surface area contributed by atoms with Gasteiger partial charge in [-0.15, -0.1) is 11.3 Å². The topological polar surface area (TPSA) is 97.4 Å². The molecule has 1 amide bonds. The number of para-hydroxylation sites is 1. The molecule has 0 saturated heterocycles. The summed E-state index contributed by atoms with van der Waals surface area (Å²) in [5.74, 6) is 0.286. The Kier molecular flexibility index (Phi) is 6.86. The molecular formula is C21H23N3O4S2. The number of thiazole rings is 1. The molecular weight excluding hydrogens is 422 g/mol. The first kappa shape index (κ1) is 21.9. The molecule has 0 atom stereocenters. The number of nitrogens with zero attached hydrogens (tertiary/aromatic N) is 1. The van der Waals surface area contributed by atoms with Crippen LogP contribution in [0.25, 0.3) is 11.3 Å². The molecule has 0 aliphatic rings. The lowest BCUT2D eigenvalue weighted by Gasteiger charge is -2.10. The fourth-order valence-corrected chi connectivity index (χ4v) is 4.77. The van der Waals surface area contributed by atoms with Crippen molar-refractivity contribution >= 4 is 32.4 Å². The predicted octanol–water partition coefficient (Wildman–Crippen LogP) is 4.15. The minimum Gasteiger partial charge on any atom is -0.493 e. The first-order valence-corrected chi connectivity index (χ1v) is 11.8. The molecule has 9 heteroatoms. The highest BCUT2D eigenvalue weighted by atomic mass is 32.2. The number of sulfonamides is 1. The van der Waals surface area contributed by atoms with Crippen molar-refractivity contribution in [3.63, 3.8) is 0 Å². The lowest BCUT2D eigenvalue weighted by atomic mass is 10.1. The van der Waals surface area contributed by atoms with Crippen LogP contribution in [0.3, 0.4) is 0 Å². The number of anilines is 1. The second-order valence-corrected chi connectivity index (χ2v) is 9.30. The number of hydrogen-bond donors (Lipinski definition) is 2. The number of benzene rings is 2. The van der Waals surface area contributed by atoms with Gasteiger partial charge >= 0.3 is 0 Å². The van der Waals surface area contributed by atoms with Crippen LogP contribution in [-0.4, -0.2) is 32.0 Å². The third kappa shape index (κ3) is 5.24. The van der Waals surface area contributed by atoms with Crippen molar-refractivity contribution in [1.82, 2.24) is 9.71 Å². The van der Waals surface area contributed by atoms with E-state index in [9.17, 15) is 13.2 Å². The normalized spacial score (nSPS) is 11.5. The number of carbonyl (C=O) groups is 1. The molecule has 0 unspecified atom stereocenters. The summed E-state index contributed by atoms with van der Waals surface area (Å²) in [6.07, 6.45) is 0. The van der Waals surface area contributed by atoms with Crippen molar-refractivity contribution in [1.29, 1.82) is 0 Å². The highest BCUT2D eigenvalue weighted by Crippen LogP contribution is 2.32. The van der Waals surface area contributed by atoms with Crippen LogP contribution < -0.4 is 14.8 Å². The van der Waals surface area contributed by atoms with Gasteiger partial charge in [0.1, 0.15) is 5.75 Å². The van der Waals surface area contributed by atoms with Crippen molar-refractivity contribution in [2.75, 3.05) is 11.9 Å². The Bertz CT molecular complexity index is 1140. The Hall–Kier alpha value is -2.75. The van der Waals surface area contributed by atoms with Crippen LogP contribution in [0.2, 0.25) is 0 Å². The quantitative estimate of drug-likeness (QED) is 0.543. The Morgan fingerprint density at radius 3 is 2.67 bits per heavy atom. The van der Waals surface area contributed by atoms with E-state index < -0.39 is 15.9 Å². The molecule has 3 aromatic rings. The SMILES string of the molecule is CCOc1ccccc1-c1csc(NC(=O)c2cccc(S(=O)(=O)NC(C)C)c2)n1. The number of hydrogen-bond acceptors (Lipinski definition) is 6. The van der Waals surface area contributed by atoms with E-state index in [1.165, 1.54) is 29.5 Å². The Morgan fingerprint density at radius 1 is 1.17 bits per heavy atom. The molecule has 2 aromatic carbocycles. The van der Waals surface area contributed by atoms with Crippen molar-refractivity contribution in [3.8, 4) is 17.0 Å². The van der Waals surface area contributed by atoms with Crippen molar-refractivity contribution in [3.05, 3.63) is 59.5 Å². The molecule has 2 N–H and O–H groups in total. The molecule has 1 heterocycles. The van der Waals surface area contributed by atoms with Gasteiger partial charge in [-0.1, -0.05) is 18.2 Å². The summed E-state index contributed by atoms with van der Waals surface area (Å²) in [6.45, 7) is 5.92. The number of rotatable bonds is 8. The molecule has 1 aromatic heterocycles. The number of carbonyl (C=O) groups excluding carboxylic acids is 1. The van der Waals surface area contributed by atoms with E-state index >= 15 is 0 Å². The average molecular weight is 446 g/mol. The van der Waals surface area contributed by atoms with Crippen LogP contribution >= 0.6 is 11.3 Å². The fourth-order valence-electron chi connectivity index (χ4n) is 2.77. The van der Waals surface area contributed by atoms with Crippen LogP contribution in [0.15, 0.2) is 58.8 Å². The van der Waals surface area contributed by atoms with Gasteiger partial charge in [0.25, 0.3) is 5.91 Å². The summed E-state index contributed by atoms with van der Waals surface area (Å²) < 4.78 is 32.9. The maximum absolute atomic E-state index is 12.6. The van der Waals surface area contributed by atoms with E-state index in [4.69, 9.17) is 4.74 Å². The molecule has 158 valence electrons. The molecule has 0 fully saturated rings. The standard InChI is InChI=1S/C21H23N3O4S2/c1-4-28-19-11-6-5-10-17(19)18-13-29-21(22-18)23-20(25)15-8-7-9-16(12-15)30(26,27)24-14(2)3/h5-14,24H,4H2,1-3H3,(H,22,23,25). The highest BCUT2D eigenvalue weighted by molar-refractivity contribution is 7.89. The van der Waals surface area contributed by atoms with Gasteiger partial charge in [-0.05, 0) is 51.1 Å². The zero-order chi connectivity index (χ0) is 21.7. The van der Waals surface area contributed by atoms with Crippen LogP contribution in [0.1, 0.15) is 31.1 Å². The first-order valence-electron chi connectivity index (χ1n) is 9.41. The smallest absolute Gasteiger partial charge is 0.257 e. The van der Waals surface area contributed by atoms with Gasteiger partial charge in [0.2, 0.25) is 10.0 Å². The fraction of sp³-hybridized carbons (Fsp3) is 0.238. The third-order valence-electron chi connectivity index (χ3n) is 3.98. The molecule has 0 bridgehead atoms. The monoisotopic (exact) mass is 445 g/mol. The summed E-state index contributed by atoms with van der Waals surface area (Å²) in [5, 5.41) is 4.98. The van der Waals surface area contributed by atoms with Gasteiger partial charge in [0, 0.05) is 22.5 Å². The van der Waals surface area contributed by atoms with E-state index in [0.717, 1.165) is 11.3 Å². The summed E-state index contributed by atoms with van der Waals surface area (Å²) >= 11 is 1.28. The van der Waals surface area contributed by atoms with E-state index in [1.807, 2.05) is 36.6 Å². The lowest BCUT2D eigenvalue weighted by Crippen LogP contribution is -2.30. The van der Waals surface area contributed by atoms with E-state index in [1.54, 1.807) is 19.9 Å². The second kappa shape index (κ2) is 9.38. The Balaban J connectivity index is 1.79. The molecule has 7 nitrogen and oxygen atoms in total. The number of amides is 1. The van der Waals surface area contributed by atoms with E-state index in [2.05, 4.69) is 15.0 Å².